The molecule has 0 radical (unpaired) electrons. The number of benzene rings is 1. The number of piperidine rings is 1. The van der Waals surface area contributed by atoms with Crippen molar-refractivity contribution in [3.05, 3.63) is 29.8 Å². The molecule has 0 aliphatic carbocycles. The van der Waals surface area contributed by atoms with Gasteiger partial charge in [0.1, 0.15) is 12.4 Å². The fourth-order valence-electron chi connectivity index (χ4n) is 3.54. The van der Waals surface area contributed by atoms with E-state index >= 15 is 0 Å². The minimum absolute atomic E-state index is 0.384. The van der Waals surface area contributed by atoms with Crippen molar-refractivity contribution >= 4 is 0 Å². The first kappa shape index (κ1) is 12.9. The summed E-state index contributed by atoms with van der Waals surface area (Å²) in [5.74, 6) is 1.85. The summed E-state index contributed by atoms with van der Waals surface area (Å²) in [7, 11) is 2.06. The Balaban J connectivity index is 1.83. The Bertz CT molecular complexity index is 435. The number of nitrogens with zero attached hydrogens (tertiary/aromatic N) is 1. The van der Waals surface area contributed by atoms with Crippen molar-refractivity contribution in [1.29, 1.82) is 0 Å². The summed E-state index contributed by atoms with van der Waals surface area (Å²) in [4.78, 5) is 2.62. The molecule has 0 saturated carbocycles. The zero-order valence-corrected chi connectivity index (χ0v) is 11.9. The molecule has 0 spiro atoms. The van der Waals surface area contributed by atoms with Crippen LogP contribution in [0.25, 0.3) is 0 Å². The number of hydrogen-bond acceptors (Lipinski definition) is 3. The zero-order valence-electron chi connectivity index (χ0n) is 11.9. The predicted molar refractivity (Wildman–Crippen MR) is 77.5 cm³/mol. The second-order valence-corrected chi connectivity index (χ2v) is 5.92. The minimum atomic E-state index is 0.384. The maximum absolute atomic E-state index is 5.97. The van der Waals surface area contributed by atoms with Crippen molar-refractivity contribution in [3.63, 3.8) is 0 Å². The molecule has 1 saturated heterocycles. The number of fused-ring (bicyclic) bond motifs is 1. The van der Waals surface area contributed by atoms with Gasteiger partial charge in [-0.2, -0.15) is 0 Å². The van der Waals surface area contributed by atoms with Crippen LogP contribution >= 0.6 is 0 Å². The van der Waals surface area contributed by atoms with Crippen molar-refractivity contribution in [3.8, 4) is 5.75 Å². The van der Waals surface area contributed by atoms with E-state index in [-0.39, 0.29) is 0 Å². The number of ether oxygens (including phenoxy) is 1. The van der Waals surface area contributed by atoms with Gasteiger partial charge in [0.15, 0.2) is 0 Å². The molecule has 3 nitrogen and oxygen atoms in total. The van der Waals surface area contributed by atoms with Gasteiger partial charge >= 0.3 is 0 Å². The Morgan fingerprint density at radius 2 is 2.16 bits per heavy atom. The highest BCUT2D eigenvalue weighted by molar-refractivity contribution is 5.38. The molecule has 19 heavy (non-hydrogen) atoms. The molecule has 3 unspecified atom stereocenters. The molecule has 1 N–H and O–H groups in total. The molecular weight excluding hydrogens is 236 g/mol. The van der Waals surface area contributed by atoms with Gasteiger partial charge < -0.3 is 10.1 Å². The highest BCUT2D eigenvalue weighted by Crippen LogP contribution is 2.35. The number of rotatable bonds is 2. The Hall–Kier alpha value is -1.06. The van der Waals surface area contributed by atoms with Crippen molar-refractivity contribution in [2.75, 3.05) is 26.7 Å². The van der Waals surface area contributed by atoms with E-state index in [1.807, 2.05) is 0 Å². The molecule has 1 fully saturated rings. The minimum Gasteiger partial charge on any atom is -0.492 e. The zero-order chi connectivity index (χ0) is 13.2. The number of hydrogen-bond donors (Lipinski definition) is 1. The molecule has 0 aromatic heterocycles. The summed E-state index contributed by atoms with van der Waals surface area (Å²) in [5.41, 5.74) is 1.31. The monoisotopic (exact) mass is 260 g/mol. The average molecular weight is 260 g/mol. The second-order valence-electron chi connectivity index (χ2n) is 5.92. The van der Waals surface area contributed by atoms with Crippen LogP contribution in [-0.2, 0) is 0 Å². The van der Waals surface area contributed by atoms with Crippen LogP contribution in [0.15, 0.2) is 24.3 Å². The molecule has 2 aliphatic heterocycles. The summed E-state index contributed by atoms with van der Waals surface area (Å²) < 4.78 is 5.97. The predicted octanol–water partition coefficient (Wildman–Crippen LogP) is 2.44. The van der Waals surface area contributed by atoms with Gasteiger partial charge in [-0.25, -0.2) is 0 Å². The van der Waals surface area contributed by atoms with E-state index in [1.54, 1.807) is 0 Å². The van der Waals surface area contributed by atoms with Crippen LogP contribution in [0.5, 0.6) is 5.75 Å². The van der Waals surface area contributed by atoms with Crippen LogP contribution in [0.1, 0.15) is 31.4 Å². The lowest BCUT2D eigenvalue weighted by Crippen LogP contribution is -2.52. The first-order valence-electron chi connectivity index (χ1n) is 7.42. The first-order chi connectivity index (χ1) is 9.29. The maximum atomic E-state index is 5.97. The Kier molecular flexibility index (Phi) is 3.76. The van der Waals surface area contributed by atoms with E-state index in [9.17, 15) is 0 Å². The fourth-order valence-corrected chi connectivity index (χ4v) is 3.54. The highest BCUT2D eigenvalue weighted by Gasteiger charge is 2.35. The summed E-state index contributed by atoms with van der Waals surface area (Å²) in [6, 6.07) is 9.27. The van der Waals surface area contributed by atoms with Crippen LogP contribution in [0.2, 0.25) is 0 Å². The fraction of sp³-hybridized carbons (Fsp3) is 0.625. The molecule has 2 aliphatic rings. The molecular formula is C16H24N2O. The summed E-state index contributed by atoms with van der Waals surface area (Å²) >= 11 is 0. The van der Waals surface area contributed by atoms with Gasteiger partial charge in [0.2, 0.25) is 0 Å². The van der Waals surface area contributed by atoms with Crippen LogP contribution in [0, 0.1) is 5.92 Å². The normalized spacial score (nSPS) is 31.6. The third-order valence-electron chi connectivity index (χ3n) is 4.52. The lowest BCUT2D eigenvalue weighted by molar-refractivity contribution is 0.0567. The van der Waals surface area contributed by atoms with Crippen molar-refractivity contribution < 1.29 is 4.74 Å². The van der Waals surface area contributed by atoms with E-state index in [0.717, 1.165) is 18.3 Å². The van der Waals surface area contributed by atoms with Gasteiger partial charge in [0.25, 0.3) is 0 Å². The molecule has 2 heterocycles. The molecule has 3 atom stereocenters. The topological polar surface area (TPSA) is 24.5 Å². The Morgan fingerprint density at radius 3 is 2.95 bits per heavy atom. The van der Waals surface area contributed by atoms with Crippen molar-refractivity contribution in [2.24, 2.45) is 5.92 Å². The Labute approximate surface area is 115 Å². The third-order valence-corrected chi connectivity index (χ3v) is 4.52. The molecule has 3 rings (SSSR count). The van der Waals surface area contributed by atoms with Gasteiger partial charge in [0, 0.05) is 12.1 Å². The van der Waals surface area contributed by atoms with Gasteiger partial charge in [-0.15, -0.1) is 0 Å². The largest absolute Gasteiger partial charge is 0.492 e. The summed E-state index contributed by atoms with van der Waals surface area (Å²) in [6.07, 6.45) is 2.68. The molecule has 104 valence electrons. The number of nitrogens with one attached hydrogen (secondary N) is 1. The van der Waals surface area contributed by atoms with Crippen molar-refractivity contribution in [1.82, 2.24) is 10.2 Å². The lowest BCUT2D eigenvalue weighted by Gasteiger charge is -2.43. The second kappa shape index (κ2) is 5.51. The van der Waals surface area contributed by atoms with Crippen LogP contribution in [0.4, 0.5) is 0 Å². The van der Waals surface area contributed by atoms with Gasteiger partial charge in [-0.05, 0) is 38.4 Å². The number of likely N-dealkylation sites (N-methyl/N-ethyl adjacent to an activating group) is 1. The van der Waals surface area contributed by atoms with E-state index in [1.165, 1.54) is 31.5 Å². The maximum Gasteiger partial charge on any atom is 0.124 e. The summed E-state index contributed by atoms with van der Waals surface area (Å²) in [6.45, 7) is 5.57. The average Bonchev–Trinajstić information content (AvgIpc) is 2.46. The Morgan fingerprint density at radius 1 is 1.32 bits per heavy atom. The first-order valence-corrected chi connectivity index (χ1v) is 7.42. The molecule has 3 heteroatoms. The smallest absolute Gasteiger partial charge is 0.124 e. The quantitative estimate of drug-likeness (QED) is 0.884. The van der Waals surface area contributed by atoms with Crippen LogP contribution in [0.3, 0.4) is 0 Å². The van der Waals surface area contributed by atoms with Crippen LogP contribution in [-0.4, -0.2) is 37.7 Å². The van der Waals surface area contributed by atoms with E-state index in [0.29, 0.717) is 12.1 Å². The molecule has 0 amide bonds. The number of para-hydroxylation sites is 1. The molecule has 1 aromatic rings. The highest BCUT2D eigenvalue weighted by atomic mass is 16.5. The van der Waals surface area contributed by atoms with Crippen molar-refractivity contribution in [2.45, 2.75) is 31.8 Å². The number of likely N-dealkylation sites (tertiary alicyclic amines) is 1. The molecule has 1 aromatic carbocycles. The van der Waals surface area contributed by atoms with E-state index < -0.39 is 0 Å². The van der Waals surface area contributed by atoms with E-state index in [4.69, 9.17) is 4.74 Å². The van der Waals surface area contributed by atoms with E-state index in [2.05, 4.69) is 48.5 Å². The van der Waals surface area contributed by atoms with Gasteiger partial charge in [-0.1, -0.05) is 25.1 Å². The lowest BCUT2D eigenvalue weighted by atomic mass is 9.91. The summed E-state index contributed by atoms with van der Waals surface area (Å²) in [5, 5.41) is 3.50. The SMILES string of the molecule is CNC1c2ccccc2OCC1N1CCCC(C)C1. The van der Waals surface area contributed by atoms with Crippen LogP contribution < -0.4 is 10.1 Å². The third kappa shape index (κ3) is 2.49. The standard InChI is InChI=1S/C16H24N2O/c1-12-6-5-9-18(10-12)14-11-19-15-8-4-3-7-13(15)16(14)17-2/h3-4,7-8,12,14,16-17H,5-6,9-11H2,1-2H3. The van der Waals surface area contributed by atoms with Gasteiger partial charge in [0.05, 0.1) is 12.1 Å². The molecule has 0 bridgehead atoms. The van der Waals surface area contributed by atoms with Gasteiger partial charge in [-0.3, -0.25) is 4.90 Å².